The molecule has 0 amide bonds. The van der Waals surface area contributed by atoms with Crippen LogP contribution in [0.2, 0.25) is 0 Å². The Bertz CT molecular complexity index is 345. The van der Waals surface area contributed by atoms with Gasteiger partial charge in [0.05, 0.1) is 0 Å². The van der Waals surface area contributed by atoms with Crippen molar-refractivity contribution in [3.05, 3.63) is 47.8 Å². The molecule has 0 aliphatic carbocycles. The monoisotopic (exact) mass is 235 g/mol. The molecule has 1 aromatic carbocycles. The van der Waals surface area contributed by atoms with Gasteiger partial charge in [-0.3, -0.25) is 0 Å². The van der Waals surface area contributed by atoms with Gasteiger partial charge in [-0.15, -0.1) is 0 Å². The van der Waals surface area contributed by atoms with Crippen molar-refractivity contribution in [2.45, 2.75) is 26.7 Å². The summed E-state index contributed by atoms with van der Waals surface area (Å²) >= 11 is 0. The Morgan fingerprint density at radius 1 is 1.29 bits per heavy atom. The second-order valence-electron chi connectivity index (χ2n) is 4.69. The first-order valence-electron chi connectivity index (χ1n) is 6.28. The van der Waals surface area contributed by atoms with E-state index in [1.165, 1.54) is 6.07 Å². The molecule has 0 aliphatic heterocycles. The Hall–Kier alpha value is -1.15. The maximum Gasteiger partial charge on any atom is 0.123 e. The zero-order chi connectivity index (χ0) is 12.5. The van der Waals surface area contributed by atoms with Crippen molar-refractivity contribution in [3.8, 4) is 0 Å². The second-order valence-corrected chi connectivity index (χ2v) is 4.69. The molecule has 17 heavy (non-hydrogen) atoms. The fraction of sp³-hybridized carbons (Fsp3) is 0.467. The van der Waals surface area contributed by atoms with Crippen molar-refractivity contribution in [1.82, 2.24) is 5.32 Å². The molecule has 0 radical (unpaired) electrons. The van der Waals surface area contributed by atoms with Crippen LogP contribution in [-0.4, -0.2) is 13.1 Å². The summed E-state index contributed by atoms with van der Waals surface area (Å²) in [5.41, 5.74) is 1.02. The lowest BCUT2D eigenvalue weighted by molar-refractivity contribution is 0.556. The lowest BCUT2D eigenvalue weighted by Crippen LogP contribution is -2.20. The van der Waals surface area contributed by atoms with Crippen molar-refractivity contribution in [3.63, 3.8) is 0 Å². The smallest absolute Gasteiger partial charge is 0.123 e. The first-order chi connectivity index (χ1) is 8.18. The number of halogens is 1. The van der Waals surface area contributed by atoms with Gasteiger partial charge in [0.1, 0.15) is 5.82 Å². The van der Waals surface area contributed by atoms with Crippen LogP contribution in [0.3, 0.4) is 0 Å². The van der Waals surface area contributed by atoms with Gasteiger partial charge in [0.15, 0.2) is 0 Å². The molecule has 1 N–H and O–H groups in total. The van der Waals surface area contributed by atoms with Gasteiger partial charge in [-0.25, -0.2) is 4.39 Å². The van der Waals surface area contributed by atoms with Crippen molar-refractivity contribution >= 4 is 0 Å². The number of allylic oxidation sites excluding steroid dienone is 1. The Labute approximate surface area is 104 Å². The van der Waals surface area contributed by atoms with E-state index in [1.807, 2.05) is 6.07 Å². The first kappa shape index (κ1) is 13.9. The van der Waals surface area contributed by atoms with Gasteiger partial charge in [-0.2, -0.15) is 0 Å². The molecule has 0 spiro atoms. The summed E-state index contributed by atoms with van der Waals surface area (Å²) in [5.74, 6) is 0.542. The van der Waals surface area contributed by atoms with Crippen LogP contribution in [0.4, 0.5) is 4.39 Å². The Balaban J connectivity index is 2.14. The predicted octanol–water partition coefficient (Wildman–Crippen LogP) is 3.56. The summed E-state index contributed by atoms with van der Waals surface area (Å²) < 4.78 is 12.9. The van der Waals surface area contributed by atoms with Crippen LogP contribution in [0.1, 0.15) is 25.8 Å². The molecular formula is C15H22FN. The van der Waals surface area contributed by atoms with Gasteiger partial charge < -0.3 is 5.32 Å². The van der Waals surface area contributed by atoms with Crippen molar-refractivity contribution in [2.24, 2.45) is 5.92 Å². The van der Waals surface area contributed by atoms with Crippen LogP contribution in [-0.2, 0) is 6.42 Å². The average Bonchev–Trinajstić information content (AvgIpc) is 2.27. The summed E-state index contributed by atoms with van der Waals surface area (Å²) in [7, 11) is 0. The van der Waals surface area contributed by atoms with Crippen LogP contribution in [0.5, 0.6) is 0 Å². The SMILES string of the molecule is CC(C)CNCCC=CCc1cccc(F)c1. The van der Waals surface area contributed by atoms with Crippen LogP contribution < -0.4 is 5.32 Å². The quantitative estimate of drug-likeness (QED) is 0.563. The summed E-state index contributed by atoms with van der Waals surface area (Å²) in [6, 6.07) is 6.76. The molecule has 94 valence electrons. The van der Waals surface area contributed by atoms with Crippen LogP contribution >= 0.6 is 0 Å². The van der Waals surface area contributed by atoms with Crippen LogP contribution in [0.15, 0.2) is 36.4 Å². The number of rotatable bonds is 7. The molecular weight excluding hydrogens is 213 g/mol. The van der Waals surface area contributed by atoms with Gasteiger partial charge in [-0.05, 0) is 49.5 Å². The Kier molecular flexibility index (Phi) is 6.56. The third-order valence-electron chi connectivity index (χ3n) is 2.45. The van der Waals surface area contributed by atoms with Crippen molar-refractivity contribution < 1.29 is 4.39 Å². The van der Waals surface area contributed by atoms with E-state index in [0.717, 1.165) is 31.5 Å². The molecule has 1 aromatic rings. The van der Waals surface area contributed by atoms with Gasteiger partial charge in [0, 0.05) is 0 Å². The third kappa shape index (κ3) is 6.90. The van der Waals surface area contributed by atoms with E-state index in [2.05, 4.69) is 31.3 Å². The molecule has 2 heteroatoms. The van der Waals surface area contributed by atoms with Crippen molar-refractivity contribution in [1.29, 1.82) is 0 Å². The topological polar surface area (TPSA) is 12.0 Å². The van der Waals surface area contributed by atoms with E-state index in [9.17, 15) is 4.39 Å². The minimum atomic E-state index is -0.158. The van der Waals surface area contributed by atoms with Crippen LogP contribution in [0.25, 0.3) is 0 Å². The highest BCUT2D eigenvalue weighted by Crippen LogP contribution is 2.04. The van der Waals surface area contributed by atoms with Gasteiger partial charge in [-0.1, -0.05) is 38.1 Å². The molecule has 1 rings (SSSR count). The van der Waals surface area contributed by atoms with E-state index in [0.29, 0.717) is 5.92 Å². The maximum atomic E-state index is 12.9. The normalized spacial score (nSPS) is 11.5. The summed E-state index contributed by atoms with van der Waals surface area (Å²) in [5, 5.41) is 3.38. The largest absolute Gasteiger partial charge is 0.316 e. The third-order valence-corrected chi connectivity index (χ3v) is 2.45. The predicted molar refractivity (Wildman–Crippen MR) is 71.6 cm³/mol. The fourth-order valence-corrected chi connectivity index (χ4v) is 1.58. The number of benzene rings is 1. The molecule has 0 heterocycles. The number of nitrogens with one attached hydrogen (secondary N) is 1. The molecule has 0 unspecified atom stereocenters. The van der Waals surface area contributed by atoms with E-state index < -0.39 is 0 Å². The molecule has 0 fully saturated rings. The van der Waals surface area contributed by atoms with E-state index in [-0.39, 0.29) is 5.82 Å². The molecule has 0 aromatic heterocycles. The first-order valence-corrected chi connectivity index (χ1v) is 6.28. The van der Waals surface area contributed by atoms with Gasteiger partial charge in [0.2, 0.25) is 0 Å². The standard InChI is InChI=1S/C15H22FN/c1-13(2)12-17-10-5-3-4-7-14-8-6-9-15(16)11-14/h3-4,6,8-9,11,13,17H,5,7,10,12H2,1-2H3. The zero-order valence-electron chi connectivity index (χ0n) is 10.7. The summed E-state index contributed by atoms with van der Waals surface area (Å²) in [6.45, 7) is 6.48. The molecule has 0 saturated heterocycles. The minimum absolute atomic E-state index is 0.158. The molecule has 0 saturated carbocycles. The zero-order valence-corrected chi connectivity index (χ0v) is 10.7. The number of hydrogen-bond donors (Lipinski definition) is 1. The van der Waals surface area contributed by atoms with Crippen LogP contribution in [0, 0.1) is 11.7 Å². The lowest BCUT2D eigenvalue weighted by atomic mass is 10.1. The Morgan fingerprint density at radius 2 is 2.12 bits per heavy atom. The summed E-state index contributed by atoms with van der Waals surface area (Å²) in [4.78, 5) is 0. The highest BCUT2D eigenvalue weighted by atomic mass is 19.1. The van der Waals surface area contributed by atoms with E-state index >= 15 is 0 Å². The van der Waals surface area contributed by atoms with Crippen molar-refractivity contribution in [2.75, 3.05) is 13.1 Å². The maximum absolute atomic E-state index is 12.9. The van der Waals surface area contributed by atoms with E-state index in [4.69, 9.17) is 0 Å². The van der Waals surface area contributed by atoms with E-state index in [1.54, 1.807) is 12.1 Å². The Morgan fingerprint density at radius 3 is 2.82 bits per heavy atom. The highest BCUT2D eigenvalue weighted by molar-refractivity contribution is 5.18. The fourth-order valence-electron chi connectivity index (χ4n) is 1.58. The number of hydrogen-bond acceptors (Lipinski definition) is 1. The highest BCUT2D eigenvalue weighted by Gasteiger charge is 1.92. The van der Waals surface area contributed by atoms with Gasteiger partial charge >= 0.3 is 0 Å². The summed E-state index contributed by atoms with van der Waals surface area (Å²) in [6.07, 6.45) is 6.09. The molecule has 0 atom stereocenters. The lowest BCUT2D eigenvalue weighted by Gasteiger charge is -2.04. The molecule has 0 aliphatic rings. The second kappa shape index (κ2) is 8.02. The average molecular weight is 235 g/mol. The minimum Gasteiger partial charge on any atom is -0.316 e. The van der Waals surface area contributed by atoms with Gasteiger partial charge in [0.25, 0.3) is 0 Å². The molecule has 1 nitrogen and oxygen atoms in total. The molecule has 0 bridgehead atoms.